The highest BCUT2D eigenvalue weighted by Crippen LogP contribution is 2.23. The summed E-state index contributed by atoms with van der Waals surface area (Å²) in [6, 6.07) is 14.5. The molecule has 6 nitrogen and oxygen atoms in total. The van der Waals surface area contributed by atoms with Gasteiger partial charge in [0.2, 0.25) is 11.1 Å². The highest BCUT2D eigenvalue weighted by atomic mass is 32.2. The van der Waals surface area contributed by atoms with Gasteiger partial charge in [0, 0.05) is 0 Å². The van der Waals surface area contributed by atoms with Gasteiger partial charge in [-0.1, -0.05) is 68.1 Å². The van der Waals surface area contributed by atoms with Crippen LogP contribution in [0, 0.1) is 19.8 Å². The molecule has 0 bridgehead atoms. The summed E-state index contributed by atoms with van der Waals surface area (Å²) < 4.78 is 1.71. The normalized spacial score (nSPS) is 12.2. The Morgan fingerprint density at radius 3 is 2.37 bits per heavy atom. The number of nitrogens with zero attached hydrogens (tertiary/aromatic N) is 4. The molecule has 1 heterocycles. The van der Waals surface area contributed by atoms with Gasteiger partial charge in [0.15, 0.2) is 0 Å². The number of hydrogen-bond acceptors (Lipinski definition) is 5. The second-order valence-corrected chi connectivity index (χ2v) is 8.97. The van der Waals surface area contributed by atoms with E-state index in [2.05, 4.69) is 59.0 Å². The van der Waals surface area contributed by atoms with Gasteiger partial charge in [-0.2, -0.15) is 4.68 Å². The zero-order chi connectivity index (χ0) is 21.7. The molecular weight excluding hydrogens is 394 g/mol. The quantitative estimate of drug-likeness (QED) is 0.542. The molecule has 30 heavy (non-hydrogen) atoms. The van der Waals surface area contributed by atoms with Gasteiger partial charge in [0.1, 0.15) is 0 Å². The summed E-state index contributed by atoms with van der Waals surface area (Å²) in [4.78, 5) is 12.5. The highest BCUT2D eigenvalue weighted by molar-refractivity contribution is 7.99. The minimum Gasteiger partial charge on any atom is -0.349 e. The zero-order valence-electron chi connectivity index (χ0n) is 18.2. The average Bonchev–Trinajstić information content (AvgIpc) is 3.14. The number of amides is 1. The van der Waals surface area contributed by atoms with Crippen molar-refractivity contribution in [2.45, 2.75) is 52.2 Å². The first kappa shape index (κ1) is 22.0. The number of para-hydroxylation sites is 1. The molecule has 0 aliphatic rings. The molecule has 0 saturated heterocycles. The Balaban J connectivity index is 1.60. The smallest absolute Gasteiger partial charge is 0.230 e. The second-order valence-electron chi connectivity index (χ2n) is 8.03. The molecule has 1 amide bonds. The van der Waals surface area contributed by atoms with E-state index >= 15 is 0 Å². The first-order valence-corrected chi connectivity index (χ1v) is 11.2. The number of tetrazole rings is 1. The van der Waals surface area contributed by atoms with E-state index in [1.807, 2.05) is 39.0 Å². The Morgan fingerprint density at radius 1 is 1.07 bits per heavy atom. The van der Waals surface area contributed by atoms with Gasteiger partial charge < -0.3 is 5.32 Å². The van der Waals surface area contributed by atoms with Crippen LogP contribution in [-0.4, -0.2) is 31.9 Å². The van der Waals surface area contributed by atoms with Crippen molar-refractivity contribution in [3.05, 3.63) is 64.7 Å². The molecule has 1 atom stereocenters. The predicted octanol–water partition coefficient (Wildman–Crippen LogP) is 4.45. The van der Waals surface area contributed by atoms with Gasteiger partial charge in [0.05, 0.1) is 17.5 Å². The number of aryl methyl sites for hydroxylation is 2. The molecule has 3 aromatic rings. The van der Waals surface area contributed by atoms with Crippen LogP contribution in [0.5, 0.6) is 0 Å². The summed E-state index contributed by atoms with van der Waals surface area (Å²) in [6.45, 7) is 10.5. The van der Waals surface area contributed by atoms with Crippen LogP contribution in [0.25, 0.3) is 5.69 Å². The molecule has 0 unspecified atom stereocenters. The van der Waals surface area contributed by atoms with Crippen molar-refractivity contribution in [2.75, 3.05) is 5.75 Å². The molecular formula is C23H29N5OS. The van der Waals surface area contributed by atoms with Gasteiger partial charge in [-0.05, 0) is 65.8 Å². The lowest BCUT2D eigenvalue weighted by atomic mass is 10.00. The van der Waals surface area contributed by atoms with E-state index in [1.54, 1.807) is 4.68 Å². The van der Waals surface area contributed by atoms with E-state index in [4.69, 9.17) is 0 Å². The SMILES string of the molecule is Cc1cccc(C)c1-n1nnnc1SCC(=O)N[C@H](C)c1ccc(CC(C)C)cc1. The van der Waals surface area contributed by atoms with Crippen LogP contribution in [0.1, 0.15) is 49.1 Å². The summed E-state index contributed by atoms with van der Waals surface area (Å²) in [5.74, 6) is 0.834. The predicted molar refractivity (Wildman–Crippen MR) is 121 cm³/mol. The van der Waals surface area contributed by atoms with Crippen LogP contribution in [0.4, 0.5) is 0 Å². The summed E-state index contributed by atoms with van der Waals surface area (Å²) in [6.07, 6.45) is 1.06. The van der Waals surface area contributed by atoms with Crippen LogP contribution in [0.2, 0.25) is 0 Å². The minimum absolute atomic E-state index is 0.0465. The van der Waals surface area contributed by atoms with Crippen molar-refractivity contribution < 1.29 is 4.79 Å². The van der Waals surface area contributed by atoms with Gasteiger partial charge in [-0.3, -0.25) is 4.79 Å². The molecule has 0 radical (unpaired) electrons. The summed E-state index contributed by atoms with van der Waals surface area (Å²) in [5.41, 5.74) is 5.55. The molecule has 0 aliphatic carbocycles. The third-order valence-corrected chi connectivity index (χ3v) is 5.85. The molecule has 2 aromatic carbocycles. The van der Waals surface area contributed by atoms with E-state index < -0.39 is 0 Å². The summed E-state index contributed by atoms with van der Waals surface area (Å²) in [5, 5.41) is 15.7. The first-order valence-electron chi connectivity index (χ1n) is 10.2. The topological polar surface area (TPSA) is 72.7 Å². The van der Waals surface area contributed by atoms with Crippen LogP contribution in [-0.2, 0) is 11.2 Å². The van der Waals surface area contributed by atoms with Crippen molar-refractivity contribution in [1.29, 1.82) is 0 Å². The maximum Gasteiger partial charge on any atom is 0.230 e. The first-order chi connectivity index (χ1) is 14.3. The Hall–Kier alpha value is -2.67. The molecule has 3 rings (SSSR count). The van der Waals surface area contributed by atoms with Crippen molar-refractivity contribution in [2.24, 2.45) is 5.92 Å². The lowest BCUT2D eigenvalue weighted by Gasteiger charge is -2.15. The van der Waals surface area contributed by atoms with E-state index in [-0.39, 0.29) is 17.7 Å². The van der Waals surface area contributed by atoms with E-state index in [0.717, 1.165) is 28.8 Å². The molecule has 1 N–H and O–H groups in total. The van der Waals surface area contributed by atoms with Crippen molar-refractivity contribution in [1.82, 2.24) is 25.5 Å². The monoisotopic (exact) mass is 423 g/mol. The maximum absolute atomic E-state index is 12.5. The van der Waals surface area contributed by atoms with Crippen molar-refractivity contribution in [3.63, 3.8) is 0 Å². The van der Waals surface area contributed by atoms with Crippen LogP contribution in [0.15, 0.2) is 47.6 Å². The van der Waals surface area contributed by atoms with E-state index in [1.165, 1.54) is 17.3 Å². The van der Waals surface area contributed by atoms with E-state index in [9.17, 15) is 4.79 Å². The Morgan fingerprint density at radius 2 is 1.73 bits per heavy atom. The number of carbonyl (C=O) groups is 1. The van der Waals surface area contributed by atoms with Gasteiger partial charge in [-0.15, -0.1) is 5.10 Å². The Labute approximate surface area is 182 Å². The lowest BCUT2D eigenvalue weighted by Crippen LogP contribution is -2.28. The number of aromatic nitrogens is 4. The largest absolute Gasteiger partial charge is 0.349 e. The molecule has 7 heteroatoms. The average molecular weight is 424 g/mol. The summed E-state index contributed by atoms with van der Waals surface area (Å²) >= 11 is 1.34. The van der Waals surface area contributed by atoms with Gasteiger partial charge in [-0.25, -0.2) is 0 Å². The van der Waals surface area contributed by atoms with Gasteiger partial charge in [0.25, 0.3) is 0 Å². The number of thioether (sulfide) groups is 1. The molecule has 0 fully saturated rings. The number of nitrogens with one attached hydrogen (secondary N) is 1. The minimum atomic E-state index is -0.0548. The third-order valence-electron chi connectivity index (χ3n) is 4.93. The number of carbonyl (C=O) groups excluding carboxylic acids is 1. The maximum atomic E-state index is 12.5. The molecule has 0 spiro atoms. The van der Waals surface area contributed by atoms with E-state index in [0.29, 0.717) is 11.1 Å². The lowest BCUT2D eigenvalue weighted by molar-refractivity contribution is -0.119. The van der Waals surface area contributed by atoms with Crippen LogP contribution < -0.4 is 5.32 Å². The Kier molecular flexibility index (Phi) is 7.26. The van der Waals surface area contributed by atoms with Crippen LogP contribution in [0.3, 0.4) is 0 Å². The molecule has 0 aliphatic heterocycles. The summed E-state index contributed by atoms with van der Waals surface area (Å²) in [7, 11) is 0. The molecule has 0 saturated carbocycles. The number of hydrogen-bond donors (Lipinski definition) is 1. The fraction of sp³-hybridized carbons (Fsp3) is 0.391. The fourth-order valence-electron chi connectivity index (χ4n) is 3.46. The van der Waals surface area contributed by atoms with Crippen LogP contribution >= 0.6 is 11.8 Å². The third kappa shape index (κ3) is 5.48. The molecule has 158 valence electrons. The van der Waals surface area contributed by atoms with Gasteiger partial charge >= 0.3 is 0 Å². The standard InChI is InChI=1S/C23H29N5OS/c1-15(2)13-19-9-11-20(12-10-19)18(5)24-21(29)14-30-23-25-26-27-28(23)22-16(3)7-6-8-17(22)4/h6-12,15,18H,13-14H2,1-5H3,(H,24,29)/t18-/m1/s1. The van der Waals surface area contributed by atoms with Crippen molar-refractivity contribution in [3.8, 4) is 5.69 Å². The highest BCUT2D eigenvalue weighted by Gasteiger charge is 2.16. The second kappa shape index (κ2) is 9.89. The Bertz CT molecular complexity index is 977. The van der Waals surface area contributed by atoms with Crippen molar-refractivity contribution >= 4 is 17.7 Å². The number of benzene rings is 2. The molecule has 1 aromatic heterocycles. The fourth-order valence-corrected chi connectivity index (χ4v) is 4.15. The zero-order valence-corrected chi connectivity index (χ0v) is 19.0. The number of rotatable bonds is 8.